The lowest BCUT2D eigenvalue weighted by Crippen LogP contribution is -2.08. The summed E-state index contributed by atoms with van der Waals surface area (Å²) in [6.07, 6.45) is 2.90. The third kappa shape index (κ3) is 1.33. The maximum atomic E-state index is 5.40. The molecule has 1 atom stereocenters. The summed E-state index contributed by atoms with van der Waals surface area (Å²) < 4.78 is 1.87. The molecule has 0 bridgehead atoms. The van der Waals surface area contributed by atoms with Gasteiger partial charge in [0.1, 0.15) is 6.33 Å². The molecule has 0 amide bonds. The van der Waals surface area contributed by atoms with Crippen LogP contribution in [0.1, 0.15) is 12.5 Å². The first-order chi connectivity index (χ1) is 5.36. The van der Waals surface area contributed by atoms with Crippen LogP contribution in [0.5, 0.6) is 0 Å². The van der Waals surface area contributed by atoms with Crippen molar-refractivity contribution in [2.75, 3.05) is 17.2 Å². The lowest BCUT2D eigenvalue weighted by atomic mass is 10.3. The van der Waals surface area contributed by atoms with Crippen LogP contribution in [0.25, 0.3) is 0 Å². The highest BCUT2D eigenvalue weighted by Gasteiger charge is 2.17. The first-order valence-corrected chi connectivity index (χ1v) is 4.76. The van der Waals surface area contributed by atoms with Crippen LogP contribution in [0, 0.1) is 0 Å². The monoisotopic (exact) mass is 170 g/mol. The van der Waals surface area contributed by atoms with Crippen LogP contribution in [0.15, 0.2) is 6.33 Å². The molecule has 0 saturated carbocycles. The van der Waals surface area contributed by atoms with Crippen molar-refractivity contribution in [3.8, 4) is 0 Å². The predicted molar refractivity (Wildman–Crippen MR) is 45.4 cm³/mol. The number of hydrogen-bond donors (Lipinski definition) is 1. The smallest absolute Gasteiger partial charge is 0.239 e. The molecule has 0 spiro atoms. The number of nitrogens with zero attached hydrogens (tertiary/aromatic N) is 3. The van der Waals surface area contributed by atoms with Gasteiger partial charge in [0, 0.05) is 5.75 Å². The highest BCUT2D eigenvalue weighted by Crippen LogP contribution is 2.26. The van der Waals surface area contributed by atoms with Crippen molar-refractivity contribution in [2.45, 2.75) is 12.5 Å². The van der Waals surface area contributed by atoms with Gasteiger partial charge in [0.2, 0.25) is 5.95 Å². The van der Waals surface area contributed by atoms with Crippen molar-refractivity contribution in [1.29, 1.82) is 0 Å². The van der Waals surface area contributed by atoms with E-state index in [2.05, 4.69) is 10.1 Å². The molecule has 2 N–H and O–H groups in total. The fourth-order valence-corrected chi connectivity index (χ4v) is 2.39. The fraction of sp³-hybridized carbons (Fsp3) is 0.667. The zero-order chi connectivity index (χ0) is 7.68. The fourth-order valence-electron chi connectivity index (χ4n) is 1.19. The molecule has 0 aromatic carbocycles. The van der Waals surface area contributed by atoms with Crippen molar-refractivity contribution >= 4 is 17.7 Å². The van der Waals surface area contributed by atoms with Crippen molar-refractivity contribution in [3.63, 3.8) is 0 Å². The number of hydrogen-bond acceptors (Lipinski definition) is 4. The van der Waals surface area contributed by atoms with Crippen molar-refractivity contribution < 1.29 is 0 Å². The van der Waals surface area contributed by atoms with Crippen LogP contribution in [-0.2, 0) is 0 Å². The lowest BCUT2D eigenvalue weighted by molar-refractivity contribution is 0.502. The summed E-state index contributed by atoms with van der Waals surface area (Å²) in [5.74, 6) is 2.75. The highest BCUT2D eigenvalue weighted by molar-refractivity contribution is 7.99. The number of thioether (sulfide) groups is 1. The first kappa shape index (κ1) is 6.97. The number of aromatic nitrogens is 3. The molecule has 1 aliphatic heterocycles. The Kier molecular flexibility index (Phi) is 1.73. The summed E-state index contributed by atoms with van der Waals surface area (Å²) in [5.41, 5.74) is 5.40. The molecule has 2 heterocycles. The van der Waals surface area contributed by atoms with Gasteiger partial charge in [0.15, 0.2) is 0 Å². The predicted octanol–water partition coefficient (Wildman–Crippen LogP) is 0.538. The van der Waals surface area contributed by atoms with Crippen LogP contribution in [0.2, 0.25) is 0 Å². The van der Waals surface area contributed by atoms with E-state index in [4.69, 9.17) is 5.73 Å². The van der Waals surface area contributed by atoms with Gasteiger partial charge in [-0.2, -0.15) is 11.8 Å². The second-order valence-electron chi connectivity index (χ2n) is 2.60. The molecule has 1 aromatic heterocycles. The van der Waals surface area contributed by atoms with Crippen LogP contribution in [-0.4, -0.2) is 26.3 Å². The largest absolute Gasteiger partial charge is 0.367 e. The Morgan fingerprint density at radius 2 is 2.64 bits per heavy atom. The van der Waals surface area contributed by atoms with Gasteiger partial charge >= 0.3 is 0 Å². The average Bonchev–Trinajstić information content (AvgIpc) is 2.55. The molecule has 5 heteroatoms. The molecule has 1 aliphatic rings. The van der Waals surface area contributed by atoms with E-state index in [-0.39, 0.29) is 0 Å². The van der Waals surface area contributed by atoms with Crippen molar-refractivity contribution in [1.82, 2.24) is 14.8 Å². The van der Waals surface area contributed by atoms with Crippen LogP contribution < -0.4 is 5.73 Å². The zero-order valence-corrected chi connectivity index (χ0v) is 6.92. The third-order valence-electron chi connectivity index (χ3n) is 1.81. The van der Waals surface area contributed by atoms with Gasteiger partial charge < -0.3 is 5.73 Å². The molecular weight excluding hydrogens is 160 g/mol. The van der Waals surface area contributed by atoms with E-state index >= 15 is 0 Å². The summed E-state index contributed by atoms with van der Waals surface area (Å²) in [4.78, 5) is 3.88. The first-order valence-electron chi connectivity index (χ1n) is 3.60. The Balaban J connectivity index is 2.15. The third-order valence-corrected chi connectivity index (χ3v) is 2.95. The Hall–Kier alpha value is -0.710. The van der Waals surface area contributed by atoms with E-state index in [1.54, 1.807) is 6.33 Å². The molecule has 1 unspecified atom stereocenters. The quantitative estimate of drug-likeness (QED) is 0.668. The van der Waals surface area contributed by atoms with E-state index in [9.17, 15) is 0 Å². The van der Waals surface area contributed by atoms with E-state index in [1.165, 1.54) is 12.2 Å². The Morgan fingerprint density at radius 3 is 3.18 bits per heavy atom. The standard InChI is InChI=1S/C6H10N4S/c7-6-8-4-10(9-6)5-1-2-11-3-5/h4-5H,1-3H2,(H2,7,9). The number of rotatable bonds is 1. The van der Waals surface area contributed by atoms with Gasteiger partial charge in [-0.1, -0.05) is 0 Å². The van der Waals surface area contributed by atoms with E-state index in [0.717, 1.165) is 5.75 Å². The zero-order valence-electron chi connectivity index (χ0n) is 6.10. The van der Waals surface area contributed by atoms with Crippen LogP contribution >= 0.6 is 11.8 Å². The average molecular weight is 170 g/mol. The van der Waals surface area contributed by atoms with Gasteiger partial charge in [-0.15, -0.1) is 5.10 Å². The summed E-state index contributed by atoms with van der Waals surface area (Å²) in [7, 11) is 0. The Bertz CT molecular complexity index is 240. The van der Waals surface area contributed by atoms with Crippen molar-refractivity contribution in [2.24, 2.45) is 0 Å². The van der Waals surface area contributed by atoms with Crippen LogP contribution in [0.4, 0.5) is 5.95 Å². The molecule has 2 rings (SSSR count). The SMILES string of the molecule is Nc1ncn(C2CCSC2)n1. The molecule has 1 fully saturated rings. The molecule has 11 heavy (non-hydrogen) atoms. The Morgan fingerprint density at radius 1 is 1.73 bits per heavy atom. The van der Waals surface area contributed by atoms with Crippen molar-refractivity contribution in [3.05, 3.63) is 6.33 Å². The van der Waals surface area contributed by atoms with E-state index in [0.29, 0.717) is 12.0 Å². The second-order valence-corrected chi connectivity index (χ2v) is 3.75. The number of nitrogen functional groups attached to an aromatic ring is 1. The molecule has 0 radical (unpaired) electrons. The minimum Gasteiger partial charge on any atom is -0.367 e. The maximum absolute atomic E-state index is 5.40. The molecule has 0 aliphatic carbocycles. The second kappa shape index (κ2) is 2.73. The van der Waals surface area contributed by atoms with Gasteiger partial charge in [-0.25, -0.2) is 9.67 Å². The minimum atomic E-state index is 0.377. The summed E-state index contributed by atoms with van der Waals surface area (Å²) in [5, 5.41) is 4.06. The molecule has 60 valence electrons. The minimum absolute atomic E-state index is 0.377. The molecular formula is C6H10N4S. The summed E-state index contributed by atoms with van der Waals surface area (Å²) >= 11 is 1.96. The van der Waals surface area contributed by atoms with E-state index in [1.807, 2.05) is 16.4 Å². The lowest BCUT2D eigenvalue weighted by Gasteiger charge is -2.05. The maximum Gasteiger partial charge on any atom is 0.239 e. The molecule has 1 saturated heterocycles. The molecule has 1 aromatic rings. The normalized spacial score (nSPS) is 24.2. The van der Waals surface area contributed by atoms with Gasteiger partial charge in [-0.05, 0) is 12.2 Å². The summed E-state index contributed by atoms with van der Waals surface area (Å²) in [6.45, 7) is 0. The van der Waals surface area contributed by atoms with E-state index < -0.39 is 0 Å². The van der Waals surface area contributed by atoms with Gasteiger partial charge in [-0.3, -0.25) is 0 Å². The van der Waals surface area contributed by atoms with Gasteiger partial charge in [0.05, 0.1) is 6.04 Å². The topological polar surface area (TPSA) is 56.7 Å². The Labute approximate surface area is 69.2 Å². The number of nitrogens with two attached hydrogens (primary N) is 1. The highest BCUT2D eigenvalue weighted by atomic mass is 32.2. The van der Waals surface area contributed by atoms with Crippen LogP contribution in [0.3, 0.4) is 0 Å². The summed E-state index contributed by atoms with van der Waals surface area (Å²) in [6, 6.07) is 0.518. The van der Waals surface area contributed by atoms with Gasteiger partial charge in [0.25, 0.3) is 0 Å². The molecule has 4 nitrogen and oxygen atoms in total. The number of anilines is 1.